The predicted octanol–water partition coefficient (Wildman–Crippen LogP) is 4.60. The number of carbonyl (C=O) groups is 1. The molecule has 4 heteroatoms. The highest BCUT2D eigenvalue weighted by atomic mass is 16.5. The molecule has 2 aromatic carbocycles. The Bertz CT molecular complexity index is 741. The zero-order valence-corrected chi connectivity index (χ0v) is 15.9. The Hall–Kier alpha value is -2.49. The number of rotatable bonds is 5. The average Bonchev–Trinajstić information content (AvgIpc) is 3.14. The Kier molecular flexibility index (Phi) is 5.50. The van der Waals surface area contributed by atoms with Gasteiger partial charge < -0.3 is 15.0 Å². The first-order chi connectivity index (χ1) is 12.4. The van der Waals surface area contributed by atoms with E-state index in [1.807, 2.05) is 42.5 Å². The van der Waals surface area contributed by atoms with E-state index < -0.39 is 0 Å². The van der Waals surface area contributed by atoms with Crippen LogP contribution in [0.25, 0.3) is 0 Å². The van der Waals surface area contributed by atoms with Crippen LogP contribution in [-0.2, 0) is 10.2 Å². The number of hydrogen-bond acceptors (Lipinski definition) is 3. The van der Waals surface area contributed by atoms with E-state index in [1.54, 1.807) is 0 Å². The van der Waals surface area contributed by atoms with Crippen molar-refractivity contribution in [1.82, 2.24) is 0 Å². The van der Waals surface area contributed by atoms with Crippen LogP contribution in [-0.4, -0.2) is 25.6 Å². The topological polar surface area (TPSA) is 41.6 Å². The van der Waals surface area contributed by atoms with Gasteiger partial charge in [0.1, 0.15) is 5.75 Å². The maximum absolute atomic E-state index is 12.2. The predicted molar refractivity (Wildman–Crippen MR) is 107 cm³/mol. The second-order valence-corrected chi connectivity index (χ2v) is 7.86. The van der Waals surface area contributed by atoms with Crippen LogP contribution in [0.1, 0.15) is 39.2 Å². The largest absolute Gasteiger partial charge is 0.484 e. The molecule has 0 unspecified atom stereocenters. The quantitative estimate of drug-likeness (QED) is 0.855. The first kappa shape index (κ1) is 18.3. The van der Waals surface area contributed by atoms with E-state index in [-0.39, 0.29) is 17.9 Å². The lowest BCUT2D eigenvalue weighted by atomic mass is 9.87. The number of anilines is 2. The molecule has 0 spiro atoms. The van der Waals surface area contributed by atoms with Crippen LogP contribution in [0.2, 0.25) is 0 Å². The molecule has 1 saturated heterocycles. The molecule has 138 valence electrons. The number of hydrogen-bond donors (Lipinski definition) is 1. The van der Waals surface area contributed by atoms with Crippen molar-refractivity contribution >= 4 is 17.3 Å². The normalized spacial score (nSPS) is 14.3. The standard InChI is InChI=1S/C22H28N2O2/c1-22(2,3)17-9-11-20(12-10-17)26-16-21(25)23-18-7-6-8-19(15-18)24-13-4-5-14-24/h6-12,15H,4-5,13-14,16H2,1-3H3,(H,23,25). The Balaban J connectivity index is 1.53. The molecule has 1 aliphatic rings. The average molecular weight is 352 g/mol. The molecule has 3 rings (SSSR count). The van der Waals surface area contributed by atoms with Gasteiger partial charge in [0.2, 0.25) is 0 Å². The zero-order chi connectivity index (χ0) is 18.6. The highest BCUT2D eigenvalue weighted by Gasteiger charge is 2.14. The van der Waals surface area contributed by atoms with Crippen molar-refractivity contribution in [2.75, 3.05) is 29.9 Å². The number of ether oxygens (including phenoxy) is 1. The van der Waals surface area contributed by atoms with Crippen LogP contribution in [0.3, 0.4) is 0 Å². The van der Waals surface area contributed by atoms with Gasteiger partial charge in [0, 0.05) is 24.5 Å². The van der Waals surface area contributed by atoms with Crippen LogP contribution in [0.15, 0.2) is 48.5 Å². The fourth-order valence-corrected chi connectivity index (χ4v) is 3.15. The molecule has 1 fully saturated rings. The number of amides is 1. The summed E-state index contributed by atoms with van der Waals surface area (Å²) in [5.74, 6) is 0.558. The lowest BCUT2D eigenvalue weighted by Gasteiger charge is -2.19. The van der Waals surface area contributed by atoms with Gasteiger partial charge in [0.15, 0.2) is 6.61 Å². The van der Waals surface area contributed by atoms with E-state index in [1.165, 1.54) is 24.1 Å². The van der Waals surface area contributed by atoms with E-state index in [0.29, 0.717) is 5.75 Å². The fourth-order valence-electron chi connectivity index (χ4n) is 3.15. The Morgan fingerprint density at radius 3 is 2.42 bits per heavy atom. The van der Waals surface area contributed by atoms with E-state index >= 15 is 0 Å². The maximum Gasteiger partial charge on any atom is 0.262 e. The summed E-state index contributed by atoms with van der Waals surface area (Å²) >= 11 is 0. The SMILES string of the molecule is CC(C)(C)c1ccc(OCC(=O)Nc2cccc(N3CCCC3)c2)cc1. The van der Waals surface area contributed by atoms with Gasteiger partial charge in [-0.05, 0) is 54.2 Å². The van der Waals surface area contributed by atoms with E-state index in [0.717, 1.165) is 18.8 Å². The summed E-state index contributed by atoms with van der Waals surface area (Å²) in [6, 6.07) is 15.9. The molecule has 1 N–H and O–H groups in total. The highest BCUT2D eigenvalue weighted by molar-refractivity contribution is 5.92. The summed E-state index contributed by atoms with van der Waals surface area (Å²) in [6.07, 6.45) is 2.47. The van der Waals surface area contributed by atoms with Crippen molar-refractivity contribution in [2.24, 2.45) is 0 Å². The van der Waals surface area contributed by atoms with Crippen molar-refractivity contribution in [3.63, 3.8) is 0 Å². The number of benzene rings is 2. The van der Waals surface area contributed by atoms with Gasteiger partial charge in [0.05, 0.1) is 0 Å². The van der Waals surface area contributed by atoms with Crippen LogP contribution in [0, 0.1) is 0 Å². The molecular weight excluding hydrogens is 324 g/mol. The minimum Gasteiger partial charge on any atom is -0.484 e. The lowest BCUT2D eigenvalue weighted by Crippen LogP contribution is -2.21. The van der Waals surface area contributed by atoms with Crippen molar-refractivity contribution in [2.45, 2.75) is 39.0 Å². The third-order valence-electron chi connectivity index (χ3n) is 4.69. The number of nitrogens with one attached hydrogen (secondary N) is 1. The molecule has 0 aliphatic carbocycles. The van der Waals surface area contributed by atoms with Crippen molar-refractivity contribution < 1.29 is 9.53 Å². The Morgan fingerprint density at radius 2 is 1.77 bits per heavy atom. The van der Waals surface area contributed by atoms with E-state index in [2.05, 4.69) is 37.1 Å². The minimum atomic E-state index is -0.150. The monoisotopic (exact) mass is 352 g/mol. The number of nitrogens with zero attached hydrogens (tertiary/aromatic N) is 1. The highest BCUT2D eigenvalue weighted by Crippen LogP contribution is 2.25. The van der Waals surface area contributed by atoms with Gasteiger partial charge in [0.25, 0.3) is 5.91 Å². The van der Waals surface area contributed by atoms with Crippen LogP contribution < -0.4 is 15.0 Å². The molecule has 4 nitrogen and oxygen atoms in total. The summed E-state index contributed by atoms with van der Waals surface area (Å²) in [6.45, 7) is 8.70. The van der Waals surface area contributed by atoms with Gasteiger partial charge in [-0.1, -0.05) is 39.0 Å². The van der Waals surface area contributed by atoms with Crippen LogP contribution in [0.4, 0.5) is 11.4 Å². The summed E-state index contributed by atoms with van der Waals surface area (Å²) in [5, 5.41) is 2.92. The van der Waals surface area contributed by atoms with Crippen LogP contribution in [0.5, 0.6) is 5.75 Å². The summed E-state index contributed by atoms with van der Waals surface area (Å²) in [4.78, 5) is 14.5. The van der Waals surface area contributed by atoms with E-state index in [4.69, 9.17) is 4.74 Å². The third-order valence-corrected chi connectivity index (χ3v) is 4.69. The molecule has 26 heavy (non-hydrogen) atoms. The first-order valence-corrected chi connectivity index (χ1v) is 9.30. The molecule has 0 radical (unpaired) electrons. The van der Waals surface area contributed by atoms with Crippen molar-refractivity contribution in [3.05, 3.63) is 54.1 Å². The second kappa shape index (κ2) is 7.81. The van der Waals surface area contributed by atoms with Crippen molar-refractivity contribution in [3.8, 4) is 5.75 Å². The summed E-state index contributed by atoms with van der Waals surface area (Å²) in [5.41, 5.74) is 3.33. The van der Waals surface area contributed by atoms with Crippen LogP contribution >= 0.6 is 0 Å². The van der Waals surface area contributed by atoms with Gasteiger partial charge >= 0.3 is 0 Å². The zero-order valence-electron chi connectivity index (χ0n) is 15.9. The van der Waals surface area contributed by atoms with Gasteiger partial charge in [-0.3, -0.25) is 4.79 Å². The Morgan fingerprint density at radius 1 is 1.08 bits per heavy atom. The molecular formula is C22H28N2O2. The van der Waals surface area contributed by atoms with Gasteiger partial charge in [-0.2, -0.15) is 0 Å². The molecule has 0 bridgehead atoms. The molecule has 1 aliphatic heterocycles. The Labute approximate surface area is 156 Å². The summed E-state index contributed by atoms with van der Waals surface area (Å²) < 4.78 is 5.62. The third kappa shape index (κ3) is 4.78. The fraction of sp³-hybridized carbons (Fsp3) is 0.409. The molecule has 0 atom stereocenters. The minimum absolute atomic E-state index is 0.00278. The molecule has 0 aromatic heterocycles. The second-order valence-electron chi connectivity index (χ2n) is 7.86. The van der Waals surface area contributed by atoms with E-state index in [9.17, 15) is 4.79 Å². The molecule has 1 heterocycles. The van der Waals surface area contributed by atoms with Gasteiger partial charge in [-0.15, -0.1) is 0 Å². The van der Waals surface area contributed by atoms with Gasteiger partial charge in [-0.25, -0.2) is 0 Å². The molecule has 2 aromatic rings. The number of carbonyl (C=O) groups excluding carboxylic acids is 1. The molecule has 0 saturated carbocycles. The summed E-state index contributed by atoms with van der Waals surface area (Å²) in [7, 11) is 0. The lowest BCUT2D eigenvalue weighted by molar-refractivity contribution is -0.118. The van der Waals surface area contributed by atoms with Crippen molar-refractivity contribution in [1.29, 1.82) is 0 Å². The first-order valence-electron chi connectivity index (χ1n) is 9.30. The maximum atomic E-state index is 12.2. The molecule has 1 amide bonds. The smallest absolute Gasteiger partial charge is 0.262 e.